The van der Waals surface area contributed by atoms with Crippen molar-refractivity contribution in [1.29, 1.82) is 5.26 Å². The van der Waals surface area contributed by atoms with Gasteiger partial charge in [0.05, 0.1) is 17.4 Å². The Kier molecular flexibility index (Phi) is 6.53. The van der Waals surface area contributed by atoms with E-state index in [1.807, 2.05) is 19.2 Å². The average molecular weight is 312 g/mol. The summed E-state index contributed by atoms with van der Waals surface area (Å²) in [5, 5.41) is 8.62. The van der Waals surface area contributed by atoms with Gasteiger partial charge in [-0.05, 0) is 30.4 Å². The van der Waals surface area contributed by atoms with Gasteiger partial charge >= 0.3 is 0 Å². The molecule has 20 heavy (non-hydrogen) atoms. The van der Waals surface area contributed by atoms with Crippen LogP contribution in [0.15, 0.2) is 29.2 Å². The van der Waals surface area contributed by atoms with Crippen molar-refractivity contribution in [3.05, 3.63) is 29.8 Å². The van der Waals surface area contributed by atoms with Crippen molar-refractivity contribution in [2.75, 3.05) is 19.1 Å². The number of rotatable bonds is 7. The highest BCUT2D eigenvalue weighted by atomic mass is 32.2. The van der Waals surface area contributed by atoms with E-state index in [0.29, 0.717) is 6.42 Å². The summed E-state index contributed by atoms with van der Waals surface area (Å²) in [6.45, 7) is 1.99. The van der Waals surface area contributed by atoms with E-state index in [9.17, 15) is 8.42 Å². The van der Waals surface area contributed by atoms with Gasteiger partial charge in [0, 0.05) is 18.8 Å². The lowest BCUT2D eigenvalue weighted by atomic mass is 10.2. The summed E-state index contributed by atoms with van der Waals surface area (Å²) < 4.78 is 26.5. The highest BCUT2D eigenvalue weighted by Gasteiger charge is 2.26. The fourth-order valence-electron chi connectivity index (χ4n) is 1.91. The maximum atomic E-state index is 12.5. The second kappa shape index (κ2) is 7.67. The van der Waals surface area contributed by atoms with E-state index < -0.39 is 10.0 Å². The molecule has 1 rings (SSSR count). The van der Waals surface area contributed by atoms with Crippen LogP contribution >= 0.6 is 11.8 Å². The molecule has 0 aliphatic carbocycles. The number of sulfonamides is 1. The molecule has 110 valence electrons. The van der Waals surface area contributed by atoms with Crippen LogP contribution in [0.3, 0.4) is 0 Å². The van der Waals surface area contributed by atoms with Crippen LogP contribution in [-0.4, -0.2) is 37.8 Å². The van der Waals surface area contributed by atoms with E-state index >= 15 is 0 Å². The van der Waals surface area contributed by atoms with Gasteiger partial charge in [-0.2, -0.15) is 21.3 Å². The Morgan fingerprint density at radius 1 is 1.35 bits per heavy atom. The molecule has 1 unspecified atom stereocenters. The SMILES string of the molecule is CCC(CSC)N(C)S(=O)(=O)c1ccc(CC#N)cc1. The average Bonchev–Trinajstić information content (AvgIpc) is 2.45. The number of hydrogen-bond acceptors (Lipinski definition) is 4. The molecule has 0 saturated heterocycles. The zero-order valence-corrected chi connectivity index (χ0v) is 13.7. The molecular formula is C14H20N2O2S2. The molecule has 0 saturated carbocycles. The number of nitrogens with zero attached hydrogens (tertiary/aromatic N) is 2. The third kappa shape index (κ3) is 3.98. The van der Waals surface area contributed by atoms with Crippen LogP contribution in [0.25, 0.3) is 0 Å². The Morgan fingerprint density at radius 3 is 2.40 bits per heavy atom. The Labute approximate surface area is 125 Å². The number of thioether (sulfide) groups is 1. The van der Waals surface area contributed by atoms with Gasteiger partial charge in [-0.1, -0.05) is 19.1 Å². The molecule has 0 N–H and O–H groups in total. The summed E-state index contributed by atoms with van der Waals surface area (Å²) in [6.07, 6.45) is 3.04. The number of nitriles is 1. The first kappa shape index (κ1) is 17.0. The van der Waals surface area contributed by atoms with Crippen LogP contribution in [0.4, 0.5) is 0 Å². The maximum Gasteiger partial charge on any atom is 0.243 e. The molecule has 0 bridgehead atoms. The highest BCUT2D eigenvalue weighted by Crippen LogP contribution is 2.20. The molecule has 1 atom stereocenters. The molecule has 0 aliphatic heterocycles. The molecule has 4 nitrogen and oxygen atoms in total. The minimum Gasteiger partial charge on any atom is -0.207 e. The van der Waals surface area contributed by atoms with Gasteiger partial charge in [-0.3, -0.25) is 0 Å². The van der Waals surface area contributed by atoms with Gasteiger partial charge in [0.25, 0.3) is 0 Å². The van der Waals surface area contributed by atoms with E-state index in [4.69, 9.17) is 5.26 Å². The van der Waals surface area contributed by atoms with Crippen molar-refractivity contribution in [1.82, 2.24) is 4.31 Å². The first-order chi connectivity index (χ1) is 9.47. The van der Waals surface area contributed by atoms with E-state index in [2.05, 4.69) is 0 Å². The van der Waals surface area contributed by atoms with Gasteiger partial charge in [0.2, 0.25) is 10.0 Å². The zero-order chi connectivity index (χ0) is 15.2. The lowest BCUT2D eigenvalue weighted by Gasteiger charge is -2.26. The monoisotopic (exact) mass is 312 g/mol. The number of benzene rings is 1. The van der Waals surface area contributed by atoms with E-state index in [0.717, 1.165) is 17.7 Å². The normalized spacial score (nSPS) is 13.2. The predicted molar refractivity (Wildman–Crippen MR) is 83.2 cm³/mol. The Morgan fingerprint density at radius 2 is 1.95 bits per heavy atom. The van der Waals surface area contributed by atoms with E-state index in [1.165, 1.54) is 4.31 Å². The Bertz CT molecular complexity index is 562. The fraction of sp³-hybridized carbons (Fsp3) is 0.500. The summed E-state index contributed by atoms with van der Waals surface area (Å²) in [7, 11) is -1.84. The maximum absolute atomic E-state index is 12.5. The fourth-order valence-corrected chi connectivity index (χ4v) is 4.27. The quantitative estimate of drug-likeness (QED) is 0.776. The summed E-state index contributed by atoms with van der Waals surface area (Å²) >= 11 is 1.64. The first-order valence-corrected chi connectivity index (χ1v) is 9.23. The number of hydrogen-bond donors (Lipinski definition) is 0. The van der Waals surface area contributed by atoms with Crippen LogP contribution in [0, 0.1) is 11.3 Å². The summed E-state index contributed by atoms with van der Waals surface area (Å²) in [4.78, 5) is 0.279. The summed E-state index contributed by atoms with van der Waals surface area (Å²) in [5.74, 6) is 0.777. The van der Waals surface area contributed by atoms with Crippen molar-refractivity contribution < 1.29 is 8.42 Å². The lowest BCUT2D eigenvalue weighted by molar-refractivity contribution is 0.385. The highest BCUT2D eigenvalue weighted by molar-refractivity contribution is 7.98. The standard InChI is InChI=1S/C14H20N2O2S2/c1-4-13(11-19-3)16(2)20(17,18)14-7-5-12(6-8-14)9-10-15/h5-8,13H,4,9,11H2,1-3H3. The molecule has 0 spiro atoms. The first-order valence-electron chi connectivity index (χ1n) is 6.40. The van der Waals surface area contributed by atoms with Gasteiger partial charge in [0.1, 0.15) is 0 Å². The smallest absolute Gasteiger partial charge is 0.207 e. The van der Waals surface area contributed by atoms with Crippen molar-refractivity contribution >= 4 is 21.8 Å². The minimum absolute atomic E-state index is 0.00575. The van der Waals surface area contributed by atoms with Crippen molar-refractivity contribution in [2.45, 2.75) is 30.7 Å². The third-order valence-electron chi connectivity index (χ3n) is 3.23. The molecule has 0 aromatic heterocycles. The molecule has 6 heteroatoms. The molecule has 0 radical (unpaired) electrons. The van der Waals surface area contributed by atoms with Crippen LogP contribution < -0.4 is 0 Å². The predicted octanol–water partition coefficient (Wildman–Crippen LogP) is 2.51. The molecule has 0 amide bonds. The van der Waals surface area contributed by atoms with Gasteiger partial charge < -0.3 is 0 Å². The van der Waals surface area contributed by atoms with Crippen molar-refractivity contribution in [3.8, 4) is 6.07 Å². The molecule has 0 aliphatic rings. The van der Waals surface area contributed by atoms with Crippen LogP contribution in [0.2, 0.25) is 0 Å². The summed E-state index contributed by atoms with van der Waals surface area (Å²) in [6, 6.07) is 8.58. The topological polar surface area (TPSA) is 61.2 Å². The Balaban J connectivity index is 3.00. The van der Waals surface area contributed by atoms with Crippen molar-refractivity contribution in [3.63, 3.8) is 0 Å². The second-order valence-corrected chi connectivity index (χ2v) is 7.43. The van der Waals surface area contributed by atoms with Crippen LogP contribution in [0.1, 0.15) is 18.9 Å². The minimum atomic E-state index is -3.47. The summed E-state index contributed by atoms with van der Waals surface area (Å²) in [5.41, 5.74) is 0.824. The van der Waals surface area contributed by atoms with E-state index in [-0.39, 0.29) is 10.9 Å². The van der Waals surface area contributed by atoms with Crippen molar-refractivity contribution in [2.24, 2.45) is 0 Å². The lowest BCUT2D eigenvalue weighted by Crippen LogP contribution is -2.38. The van der Waals surface area contributed by atoms with Gasteiger partial charge in [-0.25, -0.2) is 8.42 Å². The molecular weight excluding hydrogens is 292 g/mol. The molecule has 1 aromatic rings. The largest absolute Gasteiger partial charge is 0.243 e. The van der Waals surface area contributed by atoms with Gasteiger partial charge in [0.15, 0.2) is 0 Å². The molecule has 0 heterocycles. The van der Waals surface area contributed by atoms with Crippen LogP contribution in [-0.2, 0) is 16.4 Å². The molecule has 0 fully saturated rings. The zero-order valence-electron chi connectivity index (χ0n) is 12.0. The van der Waals surface area contributed by atoms with Gasteiger partial charge in [-0.15, -0.1) is 0 Å². The molecule has 1 aromatic carbocycles. The van der Waals surface area contributed by atoms with Crippen LogP contribution in [0.5, 0.6) is 0 Å². The second-order valence-electron chi connectivity index (χ2n) is 4.52. The third-order valence-corrected chi connectivity index (χ3v) is 5.87. The van der Waals surface area contributed by atoms with E-state index in [1.54, 1.807) is 43.1 Å². The Hall–Kier alpha value is -1.03.